The quantitative estimate of drug-likeness (QED) is 0.483. The maximum absolute atomic E-state index is 2.47. The van der Waals surface area contributed by atoms with E-state index in [9.17, 15) is 0 Å². The second-order valence-corrected chi connectivity index (χ2v) is 8.87. The Hall–Kier alpha value is -0.830. The Kier molecular flexibility index (Phi) is 4.53. The summed E-state index contributed by atoms with van der Waals surface area (Å²) >= 11 is 2.47. The molecule has 0 nitrogen and oxygen atoms in total. The van der Waals surface area contributed by atoms with E-state index in [1.165, 1.54) is 25.8 Å². The molecule has 1 heteroatoms. The Labute approximate surface area is 143 Å². The Morgan fingerprint density at radius 3 is 1.76 bits per heavy atom. The highest BCUT2D eigenvalue weighted by molar-refractivity contribution is 14.1. The lowest BCUT2D eigenvalue weighted by molar-refractivity contribution is 0.531. The van der Waals surface area contributed by atoms with E-state index in [2.05, 4.69) is 107 Å². The van der Waals surface area contributed by atoms with Gasteiger partial charge in [-0.05, 0) is 61.7 Å². The van der Waals surface area contributed by atoms with Gasteiger partial charge in [0, 0.05) is 3.57 Å². The monoisotopic (exact) mass is 392 g/mol. The van der Waals surface area contributed by atoms with Gasteiger partial charge < -0.3 is 0 Å². The summed E-state index contributed by atoms with van der Waals surface area (Å²) in [5.74, 6) is 0. The first kappa shape index (κ1) is 16.5. The summed E-state index contributed by atoms with van der Waals surface area (Å²) in [6, 6.07) is 15.4. The molecule has 0 bridgehead atoms. The van der Waals surface area contributed by atoms with Gasteiger partial charge in [-0.2, -0.15) is 0 Å². The summed E-state index contributed by atoms with van der Waals surface area (Å²) in [4.78, 5) is 0. The van der Waals surface area contributed by atoms with Crippen molar-refractivity contribution >= 4 is 22.6 Å². The molecular weight excluding hydrogens is 367 g/mol. The van der Waals surface area contributed by atoms with Crippen LogP contribution in [0.1, 0.15) is 52.7 Å². The molecule has 21 heavy (non-hydrogen) atoms. The molecule has 0 saturated carbocycles. The maximum Gasteiger partial charge on any atom is 0.0211 e. The highest BCUT2D eigenvalue weighted by Gasteiger charge is 2.29. The average molecular weight is 392 g/mol. The molecule has 2 aromatic carbocycles. The van der Waals surface area contributed by atoms with Crippen LogP contribution in [0, 0.1) is 3.57 Å². The predicted molar refractivity (Wildman–Crippen MR) is 102 cm³/mol. The van der Waals surface area contributed by atoms with Crippen molar-refractivity contribution in [2.45, 2.75) is 52.4 Å². The second kappa shape index (κ2) is 5.75. The summed E-state index contributed by atoms with van der Waals surface area (Å²) in [5, 5.41) is 0. The van der Waals surface area contributed by atoms with E-state index in [0.29, 0.717) is 0 Å². The molecule has 0 N–H and O–H groups in total. The van der Waals surface area contributed by atoms with Gasteiger partial charge in [0.25, 0.3) is 0 Å². The van der Waals surface area contributed by atoms with Gasteiger partial charge in [0.2, 0.25) is 0 Å². The number of rotatable bonds is 1. The Bertz CT molecular complexity index is 625. The minimum atomic E-state index is 0.120. The van der Waals surface area contributed by atoms with Crippen molar-refractivity contribution in [1.29, 1.82) is 0 Å². The number of halogens is 1. The van der Waals surface area contributed by atoms with Crippen LogP contribution in [0.2, 0.25) is 0 Å². The van der Waals surface area contributed by atoms with Gasteiger partial charge in [-0.3, -0.25) is 0 Å². The van der Waals surface area contributed by atoms with Crippen LogP contribution in [0.3, 0.4) is 0 Å². The zero-order chi connectivity index (χ0) is 15.8. The van der Waals surface area contributed by atoms with Gasteiger partial charge in [0.15, 0.2) is 0 Å². The van der Waals surface area contributed by atoms with Crippen molar-refractivity contribution in [2.75, 3.05) is 0 Å². The summed E-state index contributed by atoms with van der Waals surface area (Å²) in [6.45, 7) is 13.9. The van der Waals surface area contributed by atoms with Gasteiger partial charge in [-0.1, -0.05) is 77.9 Å². The minimum Gasteiger partial charge on any atom is -0.0622 e. The first-order chi connectivity index (χ1) is 9.62. The molecule has 0 fully saturated rings. The molecular formula is C20H25I. The Morgan fingerprint density at radius 2 is 1.29 bits per heavy atom. The molecule has 0 aliphatic rings. The average Bonchev–Trinajstić information content (AvgIpc) is 2.36. The highest BCUT2D eigenvalue weighted by Crippen LogP contribution is 2.42. The van der Waals surface area contributed by atoms with E-state index in [1.54, 1.807) is 0 Å². The van der Waals surface area contributed by atoms with Gasteiger partial charge in [-0.25, -0.2) is 0 Å². The van der Waals surface area contributed by atoms with E-state index in [0.717, 1.165) is 0 Å². The molecule has 112 valence electrons. The van der Waals surface area contributed by atoms with Crippen LogP contribution in [0.15, 0.2) is 42.5 Å². The van der Waals surface area contributed by atoms with Gasteiger partial charge >= 0.3 is 0 Å². The maximum atomic E-state index is 2.47. The van der Waals surface area contributed by atoms with Crippen LogP contribution in [-0.2, 0) is 10.8 Å². The molecule has 0 amide bonds. The first-order valence-electron chi connectivity index (χ1n) is 7.51. The van der Waals surface area contributed by atoms with Crippen molar-refractivity contribution < 1.29 is 0 Å². The van der Waals surface area contributed by atoms with E-state index in [1.807, 2.05) is 0 Å². The SMILES string of the molecule is CC(C)(C)c1ccc(I)c(-c2ccccc2)c1C(C)(C)C. The topological polar surface area (TPSA) is 0 Å². The molecule has 0 aliphatic carbocycles. The summed E-state index contributed by atoms with van der Waals surface area (Å²) in [5.41, 5.74) is 5.92. The fraction of sp³-hybridized carbons (Fsp3) is 0.400. The number of benzene rings is 2. The lowest BCUT2D eigenvalue weighted by Crippen LogP contribution is -2.23. The predicted octanol–water partition coefficient (Wildman–Crippen LogP) is 6.55. The molecule has 0 saturated heterocycles. The molecule has 0 aromatic heterocycles. The Morgan fingerprint density at radius 1 is 0.714 bits per heavy atom. The number of hydrogen-bond acceptors (Lipinski definition) is 0. The third kappa shape index (κ3) is 3.50. The molecule has 0 aliphatic heterocycles. The molecule has 2 rings (SSSR count). The minimum absolute atomic E-state index is 0.120. The smallest absolute Gasteiger partial charge is 0.0211 e. The van der Waals surface area contributed by atoms with Crippen LogP contribution in [0.25, 0.3) is 11.1 Å². The van der Waals surface area contributed by atoms with E-state index in [-0.39, 0.29) is 10.8 Å². The van der Waals surface area contributed by atoms with Crippen LogP contribution in [0.4, 0.5) is 0 Å². The molecule has 0 heterocycles. The third-order valence-electron chi connectivity index (χ3n) is 3.77. The van der Waals surface area contributed by atoms with Crippen molar-refractivity contribution in [3.63, 3.8) is 0 Å². The van der Waals surface area contributed by atoms with Gasteiger partial charge in [-0.15, -0.1) is 0 Å². The lowest BCUT2D eigenvalue weighted by atomic mass is 9.72. The van der Waals surface area contributed by atoms with Crippen LogP contribution < -0.4 is 0 Å². The summed E-state index contributed by atoms with van der Waals surface area (Å²) in [7, 11) is 0. The first-order valence-corrected chi connectivity index (χ1v) is 8.59. The fourth-order valence-electron chi connectivity index (χ4n) is 2.87. The molecule has 0 unspecified atom stereocenters. The van der Waals surface area contributed by atoms with Gasteiger partial charge in [0.1, 0.15) is 0 Å². The molecule has 0 atom stereocenters. The third-order valence-corrected chi connectivity index (χ3v) is 4.67. The van der Waals surface area contributed by atoms with Crippen LogP contribution >= 0.6 is 22.6 Å². The second-order valence-electron chi connectivity index (χ2n) is 7.71. The van der Waals surface area contributed by atoms with Gasteiger partial charge in [0.05, 0.1) is 0 Å². The lowest BCUT2D eigenvalue weighted by Gasteiger charge is -2.33. The van der Waals surface area contributed by atoms with Crippen molar-refractivity contribution in [3.8, 4) is 11.1 Å². The zero-order valence-corrected chi connectivity index (χ0v) is 16.1. The molecule has 2 aromatic rings. The van der Waals surface area contributed by atoms with Crippen molar-refractivity contribution in [3.05, 3.63) is 57.2 Å². The Balaban J connectivity index is 2.87. The largest absolute Gasteiger partial charge is 0.0622 e. The van der Waals surface area contributed by atoms with E-state index in [4.69, 9.17) is 0 Å². The number of hydrogen-bond donors (Lipinski definition) is 0. The van der Waals surface area contributed by atoms with Crippen molar-refractivity contribution in [2.24, 2.45) is 0 Å². The standard InChI is InChI=1S/C20H25I/c1-19(2,3)15-12-13-16(21)17(18(15)20(4,5)6)14-10-8-7-9-11-14/h7-13H,1-6H3. The van der Waals surface area contributed by atoms with Crippen molar-refractivity contribution in [1.82, 2.24) is 0 Å². The van der Waals surface area contributed by atoms with Crippen LogP contribution in [-0.4, -0.2) is 0 Å². The van der Waals surface area contributed by atoms with Crippen LogP contribution in [0.5, 0.6) is 0 Å². The fourth-order valence-corrected chi connectivity index (χ4v) is 3.63. The van der Waals surface area contributed by atoms with E-state index < -0.39 is 0 Å². The molecule has 0 spiro atoms. The van der Waals surface area contributed by atoms with E-state index >= 15 is 0 Å². The molecule has 0 radical (unpaired) electrons. The zero-order valence-electron chi connectivity index (χ0n) is 13.9. The normalized spacial score (nSPS) is 12.5. The summed E-state index contributed by atoms with van der Waals surface area (Å²) < 4.78 is 1.33. The highest BCUT2D eigenvalue weighted by atomic mass is 127. The summed E-state index contributed by atoms with van der Waals surface area (Å²) in [6.07, 6.45) is 0.